The third-order valence-electron chi connectivity index (χ3n) is 8.64. The van der Waals surface area contributed by atoms with Gasteiger partial charge in [-0.25, -0.2) is 18.2 Å². The highest BCUT2D eigenvalue weighted by Gasteiger charge is 2.41. The van der Waals surface area contributed by atoms with Crippen LogP contribution in [-0.2, 0) is 4.79 Å². The van der Waals surface area contributed by atoms with E-state index in [-0.39, 0.29) is 70.0 Å². The van der Waals surface area contributed by atoms with Crippen LogP contribution in [0.4, 0.5) is 18.9 Å². The first-order valence-corrected chi connectivity index (χ1v) is 15.6. The summed E-state index contributed by atoms with van der Waals surface area (Å²) in [6, 6.07) is 2.88. The number of halogens is 5. The van der Waals surface area contributed by atoms with Gasteiger partial charge in [0.05, 0.1) is 44.8 Å². The van der Waals surface area contributed by atoms with Gasteiger partial charge in [0.25, 0.3) is 5.56 Å². The van der Waals surface area contributed by atoms with Crippen molar-refractivity contribution in [1.29, 1.82) is 5.26 Å². The minimum atomic E-state index is -1.82. The molecule has 1 fully saturated rings. The first kappa shape index (κ1) is 34.2. The second-order valence-corrected chi connectivity index (χ2v) is 12.9. The average molecular weight is 687 g/mol. The van der Waals surface area contributed by atoms with Crippen LogP contribution in [0.25, 0.3) is 16.7 Å². The van der Waals surface area contributed by atoms with Gasteiger partial charge in [-0.3, -0.25) is 19.1 Å². The van der Waals surface area contributed by atoms with E-state index in [0.717, 1.165) is 0 Å². The van der Waals surface area contributed by atoms with Crippen LogP contribution in [0.15, 0.2) is 58.3 Å². The number of nitriles is 1. The SMILES string of the molecule is C=CC(=O)N1[C@H](C)CN(c2c(C#N)c(=O)n(-c3c(C)ccnc3C(C)C)c3nc(C4C(F)=C(F)C(F)=C(Cl)[C@H]4N)c(Cl)cc23)C[C@@H]1C. The minimum Gasteiger partial charge on any atom is -0.366 e. The standard InChI is InChI=1S/C33H32Cl2F3N7O2/c1-7-21(46)44-16(5)12-43(13-17(44)6)31-18-10-20(34)29(22-24(36)26(38)25(37)23(35)27(22)40)42-32(18)45(33(47)19(31)11-39)30-15(4)8-9-41-28(30)14(2)3/h7-10,14,16-17,22,27H,1,12-13,40H2,2-6H3/t16-,17+,22?,27-/m0/s1. The van der Waals surface area contributed by atoms with Crippen LogP contribution >= 0.6 is 23.2 Å². The Bertz CT molecular complexity index is 1990. The molecule has 3 aromatic heterocycles. The molecule has 2 N–H and O–H groups in total. The number of aryl methyl sites for hydroxylation is 1. The van der Waals surface area contributed by atoms with E-state index in [0.29, 0.717) is 16.9 Å². The first-order chi connectivity index (χ1) is 22.2. The lowest BCUT2D eigenvalue weighted by Gasteiger charge is -2.45. The van der Waals surface area contributed by atoms with E-state index in [1.165, 1.54) is 16.7 Å². The summed E-state index contributed by atoms with van der Waals surface area (Å²) in [5, 5.41) is 9.81. The number of carbonyl (C=O) groups excluding carboxylic acids is 1. The lowest BCUT2D eigenvalue weighted by atomic mass is 9.89. The van der Waals surface area contributed by atoms with Gasteiger partial charge in [0.1, 0.15) is 23.1 Å². The zero-order valence-electron chi connectivity index (χ0n) is 26.3. The number of hydrogen-bond acceptors (Lipinski definition) is 7. The molecule has 0 bridgehead atoms. The van der Waals surface area contributed by atoms with Gasteiger partial charge in [0.2, 0.25) is 5.91 Å². The average Bonchev–Trinajstić information content (AvgIpc) is 3.02. The van der Waals surface area contributed by atoms with E-state index in [4.69, 9.17) is 28.9 Å². The number of anilines is 1. The zero-order valence-corrected chi connectivity index (χ0v) is 27.8. The molecular weight excluding hydrogens is 654 g/mol. The molecule has 0 spiro atoms. The van der Waals surface area contributed by atoms with Crippen LogP contribution in [0, 0.1) is 18.3 Å². The summed E-state index contributed by atoms with van der Waals surface area (Å²) in [5.74, 6) is -7.17. The Balaban J connectivity index is 1.90. The third-order valence-corrected chi connectivity index (χ3v) is 9.36. The van der Waals surface area contributed by atoms with Gasteiger partial charge in [-0.1, -0.05) is 43.6 Å². The molecule has 1 amide bonds. The molecule has 0 aromatic carbocycles. The van der Waals surface area contributed by atoms with Gasteiger partial charge in [0, 0.05) is 36.8 Å². The Morgan fingerprint density at radius 3 is 2.38 bits per heavy atom. The molecule has 0 saturated carbocycles. The van der Waals surface area contributed by atoms with Gasteiger partial charge < -0.3 is 15.5 Å². The number of pyridine rings is 3. The van der Waals surface area contributed by atoms with Crippen molar-refractivity contribution in [2.24, 2.45) is 5.73 Å². The van der Waals surface area contributed by atoms with Crippen LogP contribution in [0.3, 0.4) is 0 Å². The molecule has 1 saturated heterocycles. The number of nitrogens with zero attached hydrogens (tertiary/aromatic N) is 6. The highest BCUT2D eigenvalue weighted by molar-refractivity contribution is 6.32. The summed E-state index contributed by atoms with van der Waals surface area (Å²) in [7, 11) is 0. The second-order valence-electron chi connectivity index (χ2n) is 12.1. The van der Waals surface area contributed by atoms with Crippen LogP contribution in [-0.4, -0.2) is 56.6 Å². The Kier molecular flexibility index (Phi) is 9.29. The highest BCUT2D eigenvalue weighted by atomic mass is 35.5. The molecule has 4 atom stereocenters. The molecule has 14 heteroatoms. The fraction of sp³-hybridized carbons (Fsp3) is 0.364. The molecule has 2 aliphatic rings. The zero-order chi connectivity index (χ0) is 34.6. The van der Waals surface area contributed by atoms with Crippen LogP contribution in [0.1, 0.15) is 62.0 Å². The molecule has 1 aliphatic carbocycles. The van der Waals surface area contributed by atoms with Crippen molar-refractivity contribution in [3.05, 3.63) is 91.4 Å². The van der Waals surface area contributed by atoms with Gasteiger partial charge >= 0.3 is 0 Å². The van der Waals surface area contributed by atoms with Crippen molar-refractivity contribution in [2.45, 2.75) is 64.6 Å². The van der Waals surface area contributed by atoms with E-state index < -0.39 is 40.0 Å². The molecule has 1 aliphatic heterocycles. The predicted molar refractivity (Wildman–Crippen MR) is 176 cm³/mol. The van der Waals surface area contributed by atoms with Gasteiger partial charge in [-0.15, -0.1) is 0 Å². The number of piperazine rings is 1. The van der Waals surface area contributed by atoms with Crippen LogP contribution in [0.2, 0.25) is 5.02 Å². The monoisotopic (exact) mass is 685 g/mol. The van der Waals surface area contributed by atoms with Crippen molar-refractivity contribution in [3.63, 3.8) is 0 Å². The van der Waals surface area contributed by atoms with Gasteiger partial charge in [-0.05, 0) is 50.5 Å². The van der Waals surface area contributed by atoms with Crippen molar-refractivity contribution in [3.8, 4) is 11.8 Å². The Labute approximate surface area is 279 Å². The van der Waals surface area contributed by atoms with Crippen molar-refractivity contribution in [2.75, 3.05) is 18.0 Å². The summed E-state index contributed by atoms with van der Waals surface area (Å²) >= 11 is 12.7. The van der Waals surface area contributed by atoms with E-state index in [9.17, 15) is 23.6 Å². The maximum atomic E-state index is 15.4. The van der Waals surface area contributed by atoms with Crippen molar-refractivity contribution >= 4 is 45.8 Å². The third kappa shape index (κ3) is 5.50. The Hall–Kier alpha value is -4.18. The Morgan fingerprint density at radius 2 is 1.81 bits per heavy atom. The van der Waals surface area contributed by atoms with Crippen LogP contribution in [0.5, 0.6) is 0 Å². The summed E-state index contributed by atoms with van der Waals surface area (Å²) < 4.78 is 45.7. The van der Waals surface area contributed by atoms with Crippen molar-refractivity contribution < 1.29 is 18.0 Å². The molecule has 246 valence electrons. The molecule has 3 aromatic rings. The highest BCUT2D eigenvalue weighted by Crippen LogP contribution is 2.46. The van der Waals surface area contributed by atoms with Gasteiger partial charge in [-0.2, -0.15) is 5.26 Å². The Morgan fingerprint density at radius 1 is 1.17 bits per heavy atom. The number of rotatable bonds is 5. The van der Waals surface area contributed by atoms with E-state index >= 15 is 4.39 Å². The fourth-order valence-corrected chi connectivity index (χ4v) is 7.03. The summed E-state index contributed by atoms with van der Waals surface area (Å²) in [6.07, 6.45) is 2.82. The molecule has 5 rings (SSSR count). The number of aromatic nitrogens is 3. The summed E-state index contributed by atoms with van der Waals surface area (Å²) in [6.45, 7) is 13.3. The topological polar surface area (TPSA) is 121 Å². The lowest BCUT2D eigenvalue weighted by Crippen LogP contribution is -2.58. The number of amides is 1. The number of fused-ring (bicyclic) bond motifs is 1. The molecular formula is C33H32Cl2F3N7O2. The maximum absolute atomic E-state index is 15.4. The number of hydrogen-bond donors (Lipinski definition) is 1. The lowest BCUT2D eigenvalue weighted by molar-refractivity contribution is -0.130. The largest absolute Gasteiger partial charge is 0.366 e. The van der Waals surface area contributed by atoms with E-state index in [2.05, 4.69) is 22.6 Å². The number of nitrogens with two attached hydrogens (primary N) is 1. The first-order valence-electron chi connectivity index (χ1n) is 14.9. The summed E-state index contributed by atoms with van der Waals surface area (Å²) in [4.78, 5) is 39.8. The number of allylic oxidation sites excluding steroid dienone is 2. The summed E-state index contributed by atoms with van der Waals surface area (Å²) in [5.41, 5.74) is 6.52. The smallest absolute Gasteiger partial charge is 0.276 e. The number of carbonyl (C=O) groups is 1. The molecule has 4 heterocycles. The molecule has 47 heavy (non-hydrogen) atoms. The minimum absolute atomic E-state index is 0.0436. The maximum Gasteiger partial charge on any atom is 0.276 e. The molecule has 1 unspecified atom stereocenters. The molecule has 9 nitrogen and oxygen atoms in total. The van der Waals surface area contributed by atoms with Crippen molar-refractivity contribution in [1.82, 2.24) is 19.4 Å². The fourth-order valence-electron chi connectivity index (χ4n) is 6.55. The van der Waals surface area contributed by atoms with E-state index in [1.54, 1.807) is 24.1 Å². The quantitative estimate of drug-likeness (QED) is 0.311. The predicted octanol–water partition coefficient (Wildman–Crippen LogP) is 6.34. The normalized spacial score (nSPS) is 21.9. The second kappa shape index (κ2) is 12.8. The van der Waals surface area contributed by atoms with Gasteiger partial charge in [0.15, 0.2) is 11.7 Å². The molecule has 0 radical (unpaired) electrons. The van der Waals surface area contributed by atoms with E-state index in [1.807, 2.05) is 32.6 Å². The van der Waals surface area contributed by atoms with Crippen LogP contribution < -0.4 is 16.2 Å².